The number of hydrogen-bond donors (Lipinski definition) is 1. The summed E-state index contributed by atoms with van der Waals surface area (Å²) >= 11 is 0. The summed E-state index contributed by atoms with van der Waals surface area (Å²) in [6, 6.07) is 6.20. The Morgan fingerprint density at radius 1 is 1.32 bits per heavy atom. The summed E-state index contributed by atoms with van der Waals surface area (Å²) < 4.78 is 10.9. The highest BCUT2D eigenvalue weighted by Gasteiger charge is 2.18. The average molecular weight is 263 g/mol. The van der Waals surface area contributed by atoms with E-state index in [-0.39, 0.29) is 6.04 Å². The molecule has 0 aliphatic rings. The zero-order chi connectivity index (χ0) is 14.3. The minimum atomic E-state index is 0.211. The van der Waals surface area contributed by atoms with Crippen molar-refractivity contribution >= 4 is 0 Å². The van der Waals surface area contributed by atoms with Crippen molar-refractivity contribution in [3.05, 3.63) is 35.9 Å². The fraction of sp³-hybridized carbons (Fsp3) is 0.500. The van der Waals surface area contributed by atoms with E-state index in [1.165, 1.54) is 0 Å². The standard InChI is InChI=1S/C16H25NO2/c1-6-10-17-14(11-12(2)3)13-8-7-9-15(18-4)16(13)19-5/h7-9,14,17H,2,6,10-11H2,1,3-5H3. The van der Waals surface area contributed by atoms with Gasteiger partial charge in [0.2, 0.25) is 0 Å². The van der Waals surface area contributed by atoms with E-state index in [1.807, 2.05) is 19.1 Å². The maximum absolute atomic E-state index is 5.52. The van der Waals surface area contributed by atoms with Gasteiger partial charge in [-0.3, -0.25) is 0 Å². The van der Waals surface area contributed by atoms with Crippen LogP contribution >= 0.6 is 0 Å². The van der Waals surface area contributed by atoms with Gasteiger partial charge in [0, 0.05) is 11.6 Å². The Morgan fingerprint density at radius 3 is 2.58 bits per heavy atom. The maximum Gasteiger partial charge on any atom is 0.165 e. The first kappa shape index (κ1) is 15.6. The highest BCUT2D eigenvalue weighted by Crippen LogP contribution is 2.36. The Kier molecular flexibility index (Phi) is 6.43. The molecule has 0 aromatic heterocycles. The van der Waals surface area contributed by atoms with Crippen molar-refractivity contribution in [2.75, 3.05) is 20.8 Å². The molecule has 1 N–H and O–H groups in total. The van der Waals surface area contributed by atoms with Crippen molar-refractivity contribution in [3.63, 3.8) is 0 Å². The van der Waals surface area contributed by atoms with Crippen LogP contribution in [0.25, 0.3) is 0 Å². The molecule has 0 saturated heterocycles. The van der Waals surface area contributed by atoms with Gasteiger partial charge in [0.15, 0.2) is 11.5 Å². The lowest BCUT2D eigenvalue weighted by Gasteiger charge is -2.22. The van der Waals surface area contributed by atoms with E-state index in [1.54, 1.807) is 14.2 Å². The third-order valence-electron chi connectivity index (χ3n) is 3.00. The molecule has 0 amide bonds. The molecule has 106 valence electrons. The largest absolute Gasteiger partial charge is 0.493 e. The van der Waals surface area contributed by atoms with Gasteiger partial charge < -0.3 is 14.8 Å². The lowest BCUT2D eigenvalue weighted by molar-refractivity contribution is 0.346. The summed E-state index contributed by atoms with van der Waals surface area (Å²) in [5.74, 6) is 1.57. The van der Waals surface area contributed by atoms with Gasteiger partial charge in [-0.2, -0.15) is 0 Å². The third-order valence-corrected chi connectivity index (χ3v) is 3.00. The van der Waals surface area contributed by atoms with Gasteiger partial charge in [0.25, 0.3) is 0 Å². The second-order valence-electron chi connectivity index (χ2n) is 4.75. The predicted molar refractivity (Wildman–Crippen MR) is 80.0 cm³/mol. The molecule has 0 fully saturated rings. The average Bonchev–Trinajstić information content (AvgIpc) is 2.41. The zero-order valence-corrected chi connectivity index (χ0v) is 12.5. The molecule has 0 aliphatic heterocycles. The number of hydrogen-bond acceptors (Lipinski definition) is 3. The molecule has 3 heteroatoms. The first-order chi connectivity index (χ1) is 9.13. The topological polar surface area (TPSA) is 30.5 Å². The van der Waals surface area contributed by atoms with Crippen molar-refractivity contribution in [1.82, 2.24) is 5.32 Å². The summed E-state index contributed by atoms with van der Waals surface area (Å²) in [6.07, 6.45) is 1.99. The van der Waals surface area contributed by atoms with Crippen LogP contribution in [0, 0.1) is 0 Å². The lowest BCUT2D eigenvalue weighted by Crippen LogP contribution is -2.23. The van der Waals surface area contributed by atoms with Gasteiger partial charge in [0.1, 0.15) is 0 Å². The molecule has 1 atom stereocenters. The van der Waals surface area contributed by atoms with Crippen LogP contribution in [0.3, 0.4) is 0 Å². The molecule has 1 rings (SSSR count). The molecule has 0 saturated carbocycles. The molecule has 0 spiro atoms. The molecule has 1 aromatic rings. The lowest BCUT2D eigenvalue weighted by atomic mass is 9.98. The first-order valence-corrected chi connectivity index (χ1v) is 6.72. The normalized spacial score (nSPS) is 12.0. The van der Waals surface area contributed by atoms with Crippen molar-refractivity contribution < 1.29 is 9.47 Å². The second-order valence-corrected chi connectivity index (χ2v) is 4.75. The Balaban J connectivity index is 3.09. The van der Waals surface area contributed by atoms with Crippen LogP contribution in [0.2, 0.25) is 0 Å². The van der Waals surface area contributed by atoms with E-state index in [9.17, 15) is 0 Å². The molecule has 0 bridgehead atoms. The zero-order valence-electron chi connectivity index (χ0n) is 12.5. The summed E-state index contributed by atoms with van der Waals surface area (Å²) in [5, 5.41) is 3.55. The Hall–Kier alpha value is -1.48. The van der Waals surface area contributed by atoms with Gasteiger partial charge in [-0.15, -0.1) is 6.58 Å². The van der Waals surface area contributed by atoms with Crippen LogP contribution in [-0.2, 0) is 0 Å². The number of nitrogens with one attached hydrogen (secondary N) is 1. The molecule has 0 aliphatic carbocycles. The van der Waals surface area contributed by atoms with Crippen LogP contribution in [0.1, 0.15) is 38.3 Å². The van der Waals surface area contributed by atoms with Gasteiger partial charge in [-0.05, 0) is 32.4 Å². The van der Waals surface area contributed by atoms with Crippen molar-refractivity contribution in [2.24, 2.45) is 0 Å². The number of para-hydroxylation sites is 1. The minimum absolute atomic E-state index is 0.211. The molecular weight excluding hydrogens is 238 g/mol. The van der Waals surface area contributed by atoms with Crippen LogP contribution < -0.4 is 14.8 Å². The highest BCUT2D eigenvalue weighted by molar-refractivity contribution is 5.48. The highest BCUT2D eigenvalue weighted by atomic mass is 16.5. The summed E-state index contributed by atoms with van der Waals surface area (Å²) in [7, 11) is 3.34. The number of benzene rings is 1. The monoisotopic (exact) mass is 263 g/mol. The summed E-state index contributed by atoms with van der Waals surface area (Å²) in [4.78, 5) is 0. The second kappa shape index (κ2) is 7.85. The third kappa shape index (κ3) is 4.28. The summed E-state index contributed by atoms with van der Waals surface area (Å²) in [6.45, 7) is 9.19. The molecule has 1 unspecified atom stereocenters. The number of rotatable bonds is 8. The fourth-order valence-corrected chi connectivity index (χ4v) is 2.15. The summed E-state index contributed by atoms with van der Waals surface area (Å²) in [5.41, 5.74) is 2.27. The van der Waals surface area contributed by atoms with Gasteiger partial charge in [0.05, 0.1) is 14.2 Å². The van der Waals surface area contributed by atoms with Gasteiger partial charge in [-0.1, -0.05) is 24.6 Å². The van der Waals surface area contributed by atoms with E-state index in [2.05, 4.69) is 24.9 Å². The number of methoxy groups -OCH3 is 2. The Labute approximate surface area is 116 Å². The maximum atomic E-state index is 5.52. The molecule has 3 nitrogen and oxygen atoms in total. The van der Waals surface area contributed by atoms with E-state index in [4.69, 9.17) is 9.47 Å². The Morgan fingerprint density at radius 2 is 2.05 bits per heavy atom. The van der Waals surface area contributed by atoms with E-state index in [0.717, 1.165) is 42.0 Å². The van der Waals surface area contributed by atoms with Crippen LogP contribution in [0.5, 0.6) is 11.5 Å². The van der Waals surface area contributed by atoms with E-state index < -0.39 is 0 Å². The molecule has 19 heavy (non-hydrogen) atoms. The van der Waals surface area contributed by atoms with Crippen LogP contribution in [0.15, 0.2) is 30.4 Å². The molecule has 0 radical (unpaired) electrons. The quantitative estimate of drug-likeness (QED) is 0.725. The van der Waals surface area contributed by atoms with Crippen molar-refractivity contribution in [1.29, 1.82) is 0 Å². The minimum Gasteiger partial charge on any atom is -0.493 e. The smallest absolute Gasteiger partial charge is 0.165 e. The van der Waals surface area contributed by atoms with E-state index in [0.29, 0.717) is 0 Å². The first-order valence-electron chi connectivity index (χ1n) is 6.72. The number of ether oxygens (including phenoxy) is 2. The van der Waals surface area contributed by atoms with Crippen LogP contribution in [-0.4, -0.2) is 20.8 Å². The fourth-order valence-electron chi connectivity index (χ4n) is 2.15. The SMILES string of the molecule is C=C(C)CC(NCCC)c1cccc(OC)c1OC. The van der Waals surface area contributed by atoms with Crippen molar-refractivity contribution in [2.45, 2.75) is 32.7 Å². The molecule has 0 heterocycles. The van der Waals surface area contributed by atoms with E-state index >= 15 is 0 Å². The molecule has 1 aromatic carbocycles. The predicted octanol–water partition coefficient (Wildman–Crippen LogP) is 3.71. The van der Waals surface area contributed by atoms with Crippen LogP contribution in [0.4, 0.5) is 0 Å². The van der Waals surface area contributed by atoms with Crippen molar-refractivity contribution in [3.8, 4) is 11.5 Å². The Bertz CT molecular complexity index is 415. The van der Waals surface area contributed by atoms with Gasteiger partial charge in [-0.25, -0.2) is 0 Å². The van der Waals surface area contributed by atoms with Gasteiger partial charge >= 0.3 is 0 Å². The molecular formula is C16H25NO2.